The summed E-state index contributed by atoms with van der Waals surface area (Å²) in [6, 6.07) is 2.12. The molecule has 4 rings (SSSR count). The standard InChI is InChI=1S/C20H28N2O3S/c1-13-11-22(12-14(2)25-13)19(23)16-5-8-21(9-6-16)20(24)18-17(7-10-26-18)15-3-4-15/h7,10,13-16H,3-6,8-9,11-12H2,1-2H3. The van der Waals surface area contributed by atoms with Crippen LogP contribution in [0.1, 0.15) is 60.7 Å². The van der Waals surface area contributed by atoms with Gasteiger partial charge in [-0.3, -0.25) is 9.59 Å². The van der Waals surface area contributed by atoms with Gasteiger partial charge in [0.1, 0.15) is 0 Å². The molecule has 5 nitrogen and oxygen atoms in total. The van der Waals surface area contributed by atoms with Gasteiger partial charge in [0.25, 0.3) is 5.91 Å². The van der Waals surface area contributed by atoms with E-state index in [0.717, 1.165) is 17.7 Å². The fraction of sp³-hybridized carbons (Fsp3) is 0.700. The molecule has 0 radical (unpaired) electrons. The molecule has 1 aliphatic carbocycles. The Kier molecular flexibility index (Phi) is 5.06. The van der Waals surface area contributed by atoms with Crippen molar-refractivity contribution in [2.24, 2.45) is 5.92 Å². The van der Waals surface area contributed by atoms with Crippen LogP contribution in [0.3, 0.4) is 0 Å². The molecule has 0 spiro atoms. The third-order valence-corrected chi connectivity index (χ3v) is 6.69. The predicted molar refractivity (Wildman–Crippen MR) is 102 cm³/mol. The van der Waals surface area contributed by atoms with E-state index in [1.807, 2.05) is 29.0 Å². The highest BCUT2D eigenvalue weighted by Crippen LogP contribution is 2.43. The lowest BCUT2D eigenvalue weighted by Crippen LogP contribution is -2.51. The Bertz CT molecular complexity index is 666. The number of carbonyl (C=O) groups is 2. The number of likely N-dealkylation sites (tertiary alicyclic amines) is 1. The van der Waals surface area contributed by atoms with Crippen LogP contribution in [0.15, 0.2) is 11.4 Å². The summed E-state index contributed by atoms with van der Waals surface area (Å²) < 4.78 is 5.73. The largest absolute Gasteiger partial charge is 0.372 e. The molecule has 142 valence electrons. The van der Waals surface area contributed by atoms with Crippen molar-refractivity contribution >= 4 is 23.2 Å². The first-order valence-corrected chi connectivity index (χ1v) is 10.7. The van der Waals surface area contributed by atoms with Crippen LogP contribution in [-0.2, 0) is 9.53 Å². The second-order valence-electron chi connectivity index (χ2n) is 8.05. The number of hydrogen-bond acceptors (Lipinski definition) is 4. The highest BCUT2D eigenvalue weighted by Gasteiger charge is 2.35. The molecule has 2 saturated heterocycles. The number of rotatable bonds is 3. The predicted octanol–water partition coefficient (Wildman–Crippen LogP) is 3.11. The second kappa shape index (κ2) is 7.31. The van der Waals surface area contributed by atoms with Crippen molar-refractivity contribution in [1.29, 1.82) is 0 Å². The first kappa shape index (κ1) is 18.0. The monoisotopic (exact) mass is 376 g/mol. The summed E-state index contributed by atoms with van der Waals surface area (Å²) in [6.07, 6.45) is 4.17. The van der Waals surface area contributed by atoms with Gasteiger partial charge in [0.05, 0.1) is 17.1 Å². The van der Waals surface area contributed by atoms with Gasteiger partial charge in [-0.15, -0.1) is 11.3 Å². The Morgan fingerprint density at radius 1 is 1.04 bits per heavy atom. The van der Waals surface area contributed by atoms with Gasteiger partial charge in [0.15, 0.2) is 0 Å². The molecule has 2 amide bonds. The smallest absolute Gasteiger partial charge is 0.264 e. The number of ether oxygens (including phenoxy) is 1. The zero-order chi connectivity index (χ0) is 18.3. The number of hydrogen-bond donors (Lipinski definition) is 0. The topological polar surface area (TPSA) is 49.9 Å². The summed E-state index contributed by atoms with van der Waals surface area (Å²) >= 11 is 1.57. The lowest BCUT2D eigenvalue weighted by molar-refractivity contribution is -0.148. The summed E-state index contributed by atoms with van der Waals surface area (Å²) in [4.78, 5) is 30.6. The maximum Gasteiger partial charge on any atom is 0.264 e. The van der Waals surface area contributed by atoms with Crippen LogP contribution in [0.25, 0.3) is 0 Å². The van der Waals surface area contributed by atoms with Crippen LogP contribution >= 0.6 is 11.3 Å². The average molecular weight is 377 g/mol. The van der Waals surface area contributed by atoms with Gasteiger partial charge >= 0.3 is 0 Å². The molecule has 3 aliphatic rings. The molecule has 0 N–H and O–H groups in total. The first-order valence-electron chi connectivity index (χ1n) is 9.84. The van der Waals surface area contributed by atoms with Gasteiger partial charge in [-0.1, -0.05) is 0 Å². The normalized spacial score (nSPS) is 27.6. The molecule has 2 aliphatic heterocycles. The van der Waals surface area contributed by atoms with E-state index >= 15 is 0 Å². The number of morpholine rings is 1. The van der Waals surface area contributed by atoms with Crippen LogP contribution in [0.4, 0.5) is 0 Å². The molecular formula is C20H28N2O3S. The van der Waals surface area contributed by atoms with Crippen molar-refractivity contribution in [3.8, 4) is 0 Å². The van der Waals surface area contributed by atoms with Crippen LogP contribution in [0.5, 0.6) is 0 Å². The zero-order valence-electron chi connectivity index (χ0n) is 15.6. The number of amides is 2. The fourth-order valence-electron chi connectivity index (χ4n) is 4.30. The Morgan fingerprint density at radius 3 is 2.31 bits per heavy atom. The Morgan fingerprint density at radius 2 is 1.69 bits per heavy atom. The lowest BCUT2D eigenvalue weighted by Gasteiger charge is -2.39. The molecule has 1 saturated carbocycles. The second-order valence-corrected chi connectivity index (χ2v) is 8.96. The van der Waals surface area contributed by atoms with Crippen molar-refractivity contribution in [2.45, 2.75) is 57.7 Å². The highest BCUT2D eigenvalue weighted by molar-refractivity contribution is 7.12. The molecule has 1 aromatic heterocycles. The molecule has 1 aromatic rings. The minimum absolute atomic E-state index is 0.0442. The summed E-state index contributed by atoms with van der Waals surface area (Å²) in [5.74, 6) is 1.06. The van der Waals surface area contributed by atoms with E-state index in [-0.39, 0.29) is 29.9 Å². The minimum Gasteiger partial charge on any atom is -0.372 e. The maximum atomic E-state index is 12.9. The number of carbonyl (C=O) groups excluding carboxylic acids is 2. The molecule has 3 heterocycles. The SMILES string of the molecule is CC1CN(C(=O)C2CCN(C(=O)c3sccc3C3CC3)CC2)CC(C)O1. The van der Waals surface area contributed by atoms with Crippen LogP contribution < -0.4 is 0 Å². The van der Waals surface area contributed by atoms with E-state index in [1.165, 1.54) is 18.4 Å². The molecule has 6 heteroatoms. The number of nitrogens with zero attached hydrogens (tertiary/aromatic N) is 2. The van der Waals surface area contributed by atoms with Crippen LogP contribution in [0, 0.1) is 5.92 Å². The Balaban J connectivity index is 1.34. The third kappa shape index (κ3) is 3.67. The zero-order valence-corrected chi connectivity index (χ0v) is 16.5. The third-order valence-electron chi connectivity index (χ3n) is 5.77. The molecule has 3 fully saturated rings. The highest BCUT2D eigenvalue weighted by atomic mass is 32.1. The first-order chi connectivity index (χ1) is 12.5. The molecule has 2 atom stereocenters. The molecular weight excluding hydrogens is 348 g/mol. The maximum absolute atomic E-state index is 12.9. The molecule has 26 heavy (non-hydrogen) atoms. The van der Waals surface area contributed by atoms with E-state index in [4.69, 9.17) is 4.74 Å². The lowest BCUT2D eigenvalue weighted by atomic mass is 9.94. The molecule has 0 bridgehead atoms. The van der Waals surface area contributed by atoms with Crippen molar-refractivity contribution in [1.82, 2.24) is 9.80 Å². The summed E-state index contributed by atoms with van der Waals surface area (Å²) in [6.45, 7) is 6.79. The van der Waals surface area contributed by atoms with Crippen LogP contribution in [0.2, 0.25) is 0 Å². The van der Waals surface area contributed by atoms with Gasteiger partial charge in [0.2, 0.25) is 5.91 Å². The summed E-state index contributed by atoms with van der Waals surface area (Å²) in [5, 5.41) is 2.04. The van der Waals surface area contributed by atoms with Crippen molar-refractivity contribution < 1.29 is 14.3 Å². The van der Waals surface area contributed by atoms with Crippen LogP contribution in [-0.4, -0.2) is 60.0 Å². The van der Waals surface area contributed by atoms with Crippen molar-refractivity contribution in [2.75, 3.05) is 26.2 Å². The van der Waals surface area contributed by atoms with Gasteiger partial charge in [-0.2, -0.15) is 0 Å². The van der Waals surface area contributed by atoms with E-state index < -0.39 is 0 Å². The van der Waals surface area contributed by atoms with Gasteiger partial charge in [-0.25, -0.2) is 0 Å². The quantitative estimate of drug-likeness (QED) is 0.814. The van der Waals surface area contributed by atoms with E-state index in [2.05, 4.69) is 6.07 Å². The van der Waals surface area contributed by atoms with E-state index in [0.29, 0.717) is 32.1 Å². The van der Waals surface area contributed by atoms with E-state index in [9.17, 15) is 9.59 Å². The van der Waals surface area contributed by atoms with Crippen molar-refractivity contribution in [3.05, 3.63) is 21.9 Å². The Labute approximate surface area is 159 Å². The van der Waals surface area contributed by atoms with Gasteiger partial charge < -0.3 is 14.5 Å². The van der Waals surface area contributed by atoms with Crippen molar-refractivity contribution in [3.63, 3.8) is 0 Å². The Hall–Kier alpha value is -1.40. The average Bonchev–Trinajstić information content (AvgIpc) is 3.36. The molecule has 0 aromatic carbocycles. The fourth-order valence-corrected chi connectivity index (χ4v) is 5.25. The van der Waals surface area contributed by atoms with Gasteiger partial charge in [0, 0.05) is 32.1 Å². The van der Waals surface area contributed by atoms with E-state index in [1.54, 1.807) is 11.3 Å². The minimum atomic E-state index is 0.0442. The molecule has 2 unspecified atom stereocenters. The number of piperidine rings is 1. The summed E-state index contributed by atoms with van der Waals surface area (Å²) in [7, 11) is 0. The summed E-state index contributed by atoms with van der Waals surface area (Å²) in [5.41, 5.74) is 1.24. The number of thiophene rings is 1. The van der Waals surface area contributed by atoms with Gasteiger partial charge in [-0.05, 0) is 62.5 Å².